The molecule has 1 aromatic carbocycles. The van der Waals surface area contributed by atoms with Gasteiger partial charge in [0, 0.05) is 13.1 Å². The molecule has 5 heteroatoms. The predicted octanol–water partition coefficient (Wildman–Crippen LogP) is 7.40. The van der Waals surface area contributed by atoms with Crippen LogP contribution in [0.5, 0.6) is 0 Å². The maximum absolute atomic E-state index is 13.6. The van der Waals surface area contributed by atoms with Crippen LogP contribution in [0.2, 0.25) is 0 Å². The van der Waals surface area contributed by atoms with E-state index in [0.29, 0.717) is 48.2 Å². The molecule has 6 rings (SSSR count). The third-order valence-electron chi connectivity index (χ3n) is 14.4. The molecule has 1 aromatic rings. The third kappa shape index (κ3) is 3.97. The average molecular weight is 575 g/mol. The van der Waals surface area contributed by atoms with Gasteiger partial charge in [-0.2, -0.15) is 0 Å². The van der Waals surface area contributed by atoms with E-state index < -0.39 is 0 Å². The monoisotopic (exact) mass is 574 g/mol. The van der Waals surface area contributed by atoms with E-state index in [9.17, 15) is 9.59 Å². The first-order valence-corrected chi connectivity index (χ1v) is 16.8. The van der Waals surface area contributed by atoms with Crippen LogP contribution in [-0.2, 0) is 9.53 Å². The summed E-state index contributed by atoms with van der Waals surface area (Å²) in [6.07, 6.45) is 14.4. The highest BCUT2D eigenvalue weighted by Gasteiger charge is 2.70. The molecule has 3 N–H and O–H groups in total. The molecule has 230 valence electrons. The second kappa shape index (κ2) is 10.2. The molecule has 0 aromatic heterocycles. The van der Waals surface area contributed by atoms with Crippen molar-refractivity contribution in [1.82, 2.24) is 5.32 Å². The molecule has 0 radical (unpaired) electrons. The highest BCUT2D eigenvalue weighted by Crippen LogP contribution is 2.77. The molecule has 7 unspecified atom stereocenters. The number of rotatable bonds is 5. The van der Waals surface area contributed by atoms with Crippen LogP contribution in [0.15, 0.2) is 30.3 Å². The molecule has 0 spiro atoms. The molecule has 1 amide bonds. The number of benzene rings is 1. The lowest BCUT2D eigenvalue weighted by Gasteiger charge is -2.72. The fraction of sp³-hybridized carbons (Fsp3) is 0.730. The number of allylic oxidation sites excluding steroid dienone is 2. The lowest BCUT2D eigenvalue weighted by molar-refractivity contribution is -0.222. The van der Waals surface area contributed by atoms with Crippen molar-refractivity contribution in [3.8, 4) is 0 Å². The summed E-state index contributed by atoms with van der Waals surface area (Å²) >= 11 is 0. The van der Waals surface area contributed by atoms with E-state index in [4.69, 9.17) is 10.5 Å². The molecular formula is C37H54N2O3. The first kappa shape index (κ1) is 29.9. The molecule has 5 nitrogen and oxygen atoms in total. The number of hydrogen-bond acceptors (Lipinski definition) is 4. The Balaban J connectivity index is 1.31. The van der Waals surface area contributed by atoms with Crippen LogP contribution in [-0.4, -0.2) is 32.1 Å². The van der Waals surface area contributed by atoms with Gasteiger partial charge in [0.25, 0.3) is 0 Å². The summed E-state index contributed by atoms with van der Waals surface area (Å²) in [6, 6.07) is 8.05. The molecule has 4 saturated carbocycles. The lowest BCUT2D eigenvalue weighted by atomic mass is 9.32. The van der Waals surface area contributed by atoms with Gasteiger partial charge in [-0.05, 0) is 126 Å². The van der Waals surface area contributed by atoms with Gasteiger partial charge >= 0.3 is 5.97 Å². The van der Waals surface area contributed by atoms with Gasteiger partial charge in [-0.3, -0.25) is 4.79 Å². The Morgan fingerprint density at radius 3 is 2.31 bits per heavy atom. The van der Waals surface area contributed by atoms with E-state index >= 15 is 0 Å². The largest absolute Gasteiger partial charge is 0.465 e. The molecule has 4 fully saturated rings. The van der Waals surface area contributed by atoms with Crippen LogP contribution >= 0.6 is 0 Å². The van der Waals surface area contributed by atoms with Crippen LogP contribution in [0.3, 0.4) is 0 Å². The molecule has 5 aliphatic rings. The average Bonchev–Trinajstić information content (AvgIpc) is 3.41. The Hall–Kier alpha value is -2.14. The molecule has 0 bridgehead atoms. The highest BCUT2D eigenvalue weighted by atomic mass is 16.5. The van der Waals surface area contributed by atoms with Gasteiger partial charge in [-0.25, -0.2) is 4.79 Å². The number of carbonyl (C=O) groups excluding carboxylic acids is 2. The number of nitrogens with two attached hydrogens (primary N) is 1. The fourth-order valence-electron chi connectivity index (χ4n) is 12.3. The number of nitrogens with one attached hydrogen (secondary N) is 1. The van der Waals surface area contributed by atoms with Crippen molar-refractivity contribution in [2.24, 2.45) is 56.5 Å². The zero-order chi connectivity index (χ0) is 30.1. The van der Waals surface area contributed by atoms with E-state index in [-0.39, 0.29) is 33.0 Å². The van der Waals surface area contributed by atoms with Gasteiger partial charge < -0.3 is 15.8 Å². The summed E-state index contributed by atoms with van der Waals surface area (Å²) in [5, 5.41) is 3.23. The predicted molar refractivity (Wildman–Crippen MR) is 168 cm³/mol. The van der Waals surface area contributed by atoms with Gasteiger partial charge in [-0.1, -0.05) is 59.2 Å². The zero-order valence-corrected chi connectivity index (χ0v) is 27.0. The van der Waals surface area contributed by atoms with E-state index in [0.717, 1.165) is 19.3 Å². The van der Waals surface area contributed by atoms with E-state index in [1.807, 2.05) is 12.1 Å². The zero-order valence-electron chi connectivity index (χ0n) is 27.0. The summed E-state index contributed by atoms with van der Waals surface area (Å²) in [5.41, 5.74) is 9.73. The summed E-state index contributed by atoms with van der Waals surface area (Å²) in [6.45, 7) is 14.0. The number of fused-ring (bicyclic) bond motifs is 7. The van der Waals surface area contributed by atoms with Crippen molar-refractivity contribution >= 4 is 17.4 Å². The van der Waals surface area contributed by atoms with E-state index in [1.165, 1.54) is 63.2 Å². The SMILES string of the molecule is COC(=O)c1ccc(C2=CCC3(C)C(CCC4(C)C3CCC3C5CCCC5(C(=O)NCCN)CC[C@]34C)C2(C)C)cc1. The van der Waals surface area contributed by atoms with Crippen LogP contribution in [0, 0.1) is 50.7 Å². The lowest BCUT2D eigenvalue weighted by Crippen LogP contribution is -2.65. The second-order valence-corrected chi connectivity index (χ2v) is 16.0. The molecule has 42 heavy (non-hydrogen) atoms. The Morgan fingerprint density at radius 2 is 1.62 bits per heavy atom. The van der Waals surface area contributed by atoms with Crippen molar-refractivity contribution < 1.29 is 14.3 Å². The molecular weight excluding hydrogens is 520 g/mol. The molecule has 0 heterocycles. The summed E-state index contributed by atoms with van der Waals surface area (Å²) < 4.78 is 4.93. The molecule has 0 aliphatic heterocycles. The minimum Gasteiger partial charge on any atom is -0.465 e. The smallest absolute Gasteiger partial charge is 0.337 e. The number of methoxy groups -OCH3 is 1. The van der Waals surface area contributed by atoms with Crippen LogP contribution in [0.4, 0.5) is 0 Å². The Kier molecular flexibility index (Phi) is 7.27. The number of esters is 1. The number of amides is 1. The van der Waals surface area contributed by atoms with E-state index in [1.54, 1.807) is 0 Å². The van der Waals surface area contributed by atoms with Gasteiger partial charge in [0.2, 0.25) is 5.91 Å². The summed E-state index contributed by atoms with van der Waals surface area (Å²) in [5.74, 6) is 2.46. The normalized spacial score (nSPS) is 41.8. The maximum atomic E-state index is 13.6. The third-order valence-corrected chi connectivity index (χ3v) is 14.4. The standard InChI is InChI=1S/C37H54N2O3/c1-33(2)26(24-9-11-25(12-10-24)31(40)42-6)15-18-34(3)29(33)16-19-36(5)30(34)14-13-27-28-8-7-17-37(28,21-20-35(27,36)4)32(41)39-23-22-38/h9-12,15,27-30H,7-8,13-14,16-23,38H2,1-6H3,(H,39,41)/t27?,28?,29?,30?,34?,35-,36?,37?/m1/s1. The summed E-state index contributed by atoms with van der Waals surface area (Å²) in [7, 11) is 1.44. The minimum absolute atomic E-state index is 0.0487. The van der Waals surface area contributed by atoms with Crippen LogP contribution in [0.1, 0.15) is 115 Å². The first-order chi connectivity index (χ1) is 19.9. The minimum atomic E-state index is -0.282. The van der Waals surface area contributed by atoms with Crippen molar-refractivity contribution in [3.05, 3.63) is 41.5 Å². The number of carbonyl (C=O) groups is 2. The maximum Gasteiger partial charge on any atom is 0.337 e. The number of hydrogen-bond donors (Lipinski definition) is 2. The quantitative estimate of drug-likeness (QED) is 0.359. The molecule has 5 aliphatic carbocycles. The van der Waals surface area contributed by atoms with Crippen LogP contribution in [0.25, 0.3) is 5.57 Å². The second-order valence-electron chi connectivity index (χ2n) is 16.0. The fourth-order valence-corrected chi connectivity index (χ4v) is 12.3. The molecule has 0 saturated heterocycles. The molecule has 8 atom stereocenters. The Morgan fingerprint density at radius 1 is 0.881 bits per heavy atom. The number of ether oxygens (including phenoxy) is 1. The highest BCUT2D eigenvalue weighted by molar-refractivity contribution is 5.90. The van der Waals surface area contributed by atoms with Crippen molar-refractivity contribution in [2.45, 2.75) is 98.8 Å². The van der Waals surface area contributed by atoms with Gasteiger partial charge in [-0.15, -0.1) is 0 Å². The van der Waals surface area contributed by atoms with E-state index in [2.05, 4.69) is 58.1 Å². The summed E-state index contributed by atoms with van der Waals surface area (Å²) in [4.78, 5) is 25.7. The topological polar surface area (TPSA) is 81.4 Å². The first-order valence-electron chi connectivity index (χ1n) is 16.8. The van der Waals surface area contributed by atoms with Crippen LogP contribution < -0.4 is 11.1 Å². The van der Waals surface area contributed by atoms with Gasteiger partial charge in [0.05, 0.1) is 18.1 Å². The van der Waals surface area contributed by atoms with Crippen molar-refractivity contribution in [2.75, 3.05) is 20.2 Å². The van der Waals surface area contributed by atoms with Crippen molar-refractivity contribution in [1.29, 1.82) is 0 Å². The Bertz CT molecular complexity index is 1270. The van der Waals surface area contributed by atoms with Gasteiger partial charge in [0.1, 0.15) is 0 Å². The van der Waals surface area contributed by atoms with Gasteiger partial charge in [0.15, 0.2) is 0 Å². The Labute approximate surface area is 253 Å². The van der Waals surface area contributed by atoms with Crippen molar-refractivity contribution in [3.63, 3.8) is 0 Å².